The number of aryl methyl sites for hydroxylation is 1. The highest BCUT2D eigenvalue weighted by molar-refractivity contribution is 7.99. The molecule has 0 aliphatic carbocycles. The summed E-state index contributed by atoms with van der Waals surface area (Å²) in [6.07, 6.45) is 4.06. The molecule has 1 aromatic heterocycles. The summed E-state index contributed by atoms with van der Waals surface area (Å²) in [7, 11) is 0. The first-order valence-corrected chi connectivity index (χ1v) is 9.44. The van der Waals surface area contributed by atoms with E-state index in [4.69, 9.17) is 0 Å². The topological polar surface area (TPSA) is 42.0 Å². The number of pyridine rings is 1. The van der Waals surface area contributed by atoms with E-state index in [0.29, 0.717) is 6.42 Å². The molecule has 1 N–H and O–H groups in total. The van der Waals surface area contributed by atoms with Gasteiger partial charge in [-0.15, -0.1) is 11.8 Å². The van der Waals surface area contributed by atoms with Gasteiger partial charge in [-0.2, -0.15) is 0 Å². The molecule has 2 rings (SSSR count). The lowest BCUT2D eigenvalue weighted by Gasteiger charge is -2.18. The van der Waals surface area contributed by atoms with Crippen LogP contribution >= 0.6 is 11.8 Å². The molecule has 1 amide bonds. The minimum atomic E-state index is -0.206. The number of nitrogens with one attached hydrogen (secondary N) is 1. The van der Waals surface area contributed by atoms with Crippen molar-refractivity contribution in [3.63, 3.8) is 0 Å². The van der Waals surface area contributed by atoms with E-state index in [-0.39, 0.29) is 17.1 Å². The van der Waals surface area contributed by atoms with Crippen molar-refractivity contribution in [2.45, 2.75) is 45.1 Å². The Bertz CT molecular complexity index is 696. The fourth-order valence-corrected chi connectivity index (χ4v) is 3.27. The molecule has 0 saturated heterocycles. The van der Waals surface area contributed by atoms with Gasteiger partial charge in [0.05, 0.1) is 5.69 Å². The van der Waals surface area contributed by atoms with E-state index in [1.807, 2.05) is 45.0 Å². The lowest BCUT2D eigenvalue weighted by molar-refractivity contribution is -0.117. The fourth-order valence-electron chi connectivity index (χ4n) is 2.37. The van der Waals surface area contributed by atoms with E-state index in [1.54, 1.807) is 18.0 Å². The summed E-state index contributed by atoms with van der Waals surface area (Å²) < 4.78 is 12.9. The fraction of sp³-hybridized carbons (Fsp3) is 0.400. The van der Waals surface area contributed by atoms with Gasteiger partial charge in [0.1, 0.15) is 10.8 Å². The molecule has 0 aliphatic heterocycles. The van der Waals surface area contributed by atoms with Crippen LogP contribution in [0.15, 0.2) is 47.6 Å². The van der Waals surface area contributed by atoms with Gasteiger partial charge in [0.15, 0.2) is 0 Å². The molecule has 25 heavy (non-hydrogen) atoms. The highest BCUT2D eigenvalue weighted by Crippen LogP contribution is 2.27. The number of hydrogen-bond donors (Lipinski definition) is 1. The van der Waals surface area contributed by atoms with Gasteiger partial charge in [0.25, 0.3) is 0 Å². The van der Waals surface area contributed by atoms with Crippen LogP contribution in [0.1, 0.15) is 39.2 Å². The van der Waals surface area contributed by atoms with Crippen LogP contribution in [-0.2, 0) is 11.2 Å². The Kier molecular flexibility index (Phi) is 7.00. The lowest BCUT2D eigenvalue weighted by Crippen LogP contribution is -2.20. The number of thioether (sulfide) groups is 1. The van der Waals surface area contributed by atoms with Gasteiger partial charge >= 0.3 is 0 Å². The first-order valence-electron chi connectivity index (χ1n) is 8.46. The number of benzene rings is 1. The lowest BCUT2D eigenvalue weighted by atomic mass is 9.92. The normalized spacial score (nSPS) is 11.4. The van der Waals surface area contributed by atoms with E-state index in [9.17, 15) is 9.18 Å². The molecule has 5 heteroatoms. The number of rotatable bonds is 7. The molecule has 1 aromatic carbocycles. The van der Waals surface area contributed by atoms with Crippen LogP contribution in [0.3, 0.4) is 0 Å². The largest absolute Gasteiger partial charge is 0.324 e. The van der Waals surface area contributed by atoms with Crippen molar-refractivity contribution >= 4 is 23.4 Å². The number of carbonyl (C=O) groups is 1. The third-order valence-electron chi connectivity index (χ3n) is 3.50. The summed E-state index contributed by atoms with van der Waals surface area (Å²) in [6.45, 7) is 6.13. The zero-order valence-corrected chi connectivity index (χ0v) is 15.8. The predicted octanol–water partition coefficient (Wildman–Crippen LogP) is 5.32. The van der Waals surface area contributed by atoms with Crippen molar-refractivity contribution in [2.75, 3.05) is 11.1 Å². The van der Waals surface area contributed by atoms with Crippen LogP contribution in [0.25, 0.3) is 0 Å². The number of amides is 1. The average molecular weight is 360 g/mol. The van der Waals surface area contributed by atoms with Gasteiger partial charge in [0.2, 0.25) is 5.91 Å². The molecule has 0 atom stereocenters. The van der Waals surface area contributed by atoms with Gasteiger partial charge in [-0.1, -0.05) is 32.9 Å². The molecule has 0 fully saturated rings. The van der Waals surface area contributed by atoms with Crippen LogP contribution in [0.4, 0.5) is 10.1 Å². The van der Waals surface area contributed by atoms with Crippen LogP contribution in [0, 0.1) is 11.2 Å². The highest BCUT2D eigenvalue weighted by Gasteiger charge is 2.17. The van der Waals surface area contributed by atoms with Crippen LogP contribution in [0.2, 0.25) is 0 Å². The molecular weight excluding hydrogens is 335 g/mol. The van der Waals surface area contributed by atoms with E-state index in [0.717, 1.165) is 34.9 Å². The first kappa shape index (κ1) is 19.4. The Morgan fingerprint density at radius 3 is 2.60 bits per heavy atom. The highest BCUT2D eigenvalue weighted by atomic mass is 32.2. The minimum Gasteiger partial charge on any atom is -0.324 e. The Labute approximate surface area is 153 Å². The Morgan fingerprint density at radius 1 is 1.20 bits per heavy atom. The Morgan fingerprint density at radius 2 is 1.92 bits per heavy atom. The zero-order chi connectivity index (χ0) is 18.3. The number of aromatic nitrogens is 1. The predicted molar refractivity (Wildman–Crippen MR) is 102 cm³/mol. The summed E-state index contributed by atoms with van der Waals surface area (Å²) in [6, 6.07) is 10.3. The average Bonchev–Trinajstić information content (AvgIpc) is 2.53. The van der Waals surface area contributed by atoms with Crippen molar-refractivity contribution in [3.8, 4) is 0 Å². The van der Waals surface area contributed by atoms with E-state index < -0.39 is 0 Å². The minimum absolute atomic E-state index is 0.00802. The number of nitrogens with zero attached hydrogens (tertiary/aromatic N) is 1. The molecule has 0 saturated carbocycles. The van der Waals surface area contributed by atoms with Gasteiger partial charge < -0.3 is 5.32 Å². The second-order valence-electron chi connectivity index (χ2n) is 7.22. The monoisotopic (exact) mass is 360 g/mol. The number of anilines is 1. The van der Waals surface area contributed by atoms with Crippen molar-refractivity contribution in [2.24, 2.45) is 5.41 Å². The van der Waals surface area contributed by atoms with Crippen LogP contribution in [0.5, 0.6) is 0 Å². The zero-order valence-electron chi connectivity index (χ0n) is 15.0. The van der Waals surface area contributed by atoms with Crippen molar-refractivity contribution < 1.29 is 9.18 Å². The maximum atomic E-state index is 12.9. The van der Waals surface area contributed by atoms with Gasteiger partial charge in [-0.05, 0) is 53.8 Å². The van der Waals surface area contributed by atoms with Gasteiger partial charge in [-0.25, -0.2) is 9.37 Å². The molecule has 0 unspecified atom stereocenters. The number of halogens is 1. The smallest absolute Gasteiger partial charge is 0.224 e. The molecule has 0 radical (unpaired) electrons. The summed E-state index contributed by atoms with van der Waals surface area (Å²) in [5, 5.41) is 3.80. The first-order chi connectivity index (χ1) is 11.8. The molecule has 0 bridgehead atoms. The number of carbonyl (C=O) groups excluding carboxylic acids is 1. The third-order valence-corrected chi connectivity index (χ3v) is 4.59. The second kappa shape index (κ2) is 8.99. The molecule has 2 aromatic rings. The second-order valence-corrected chi connectivity index (χ2v) is 8.30. The maximum absolute atomic E-state index is 12.9. The SMILES string of the molecule is CC(C)(C)CC(=O)Nc1cccnc1SCCCc1ccc(F)cc1. The molecule has 134 valence electrons. The Balaban J connectivity index is 1.85. The maximum Gasteiger partial charge on any atom is 0.224 e. The molecular formula is C20H25FN2OS. The number of hydrogen-bond acceptors (Lipinski definition) is 3. The Hall–Kier alpha value is -1.88. The van der Waals surface area contributed by atoms with E-state index in [2.05, 4.69) is 10.3 Å². The van der Waals surface area contributed by atoms with E-state index >= 15 is 0 Å². The standard InChI is InChI=1S/C20H25FN2OS/c1-20(2,3)14-18(24)23-17-7-4-12-22-19(17)25-13-5-6-15-8-10-16(21)11-9-15/h4,7-12H,5-6,13-14H2,1-3H3,(H,23,24). The van der Waals surface area contributed by atoms with Gasteiger partial charge in [0, 0.05) is 12.6 Å². The molecule has 0 aliphatic rings. The summed E-state index contributed by atoms with van der Waals surface area (Å²) in [5.41, 5.74) is 1.85. The summed E-state index contributed by atoms with van der Waals surface area (Å²) in [5.74, 6) is 0.687. The van der Waals surface area contributed by atoms with Crippen LogP contribution in [-0.4, -0.2) is 16.6 Å². The van der Waals surface area contributed by atoms with Crippen molar-refractivity contribution in [3.05, 3.63) is 54.0 Å². The molecule has 3 nitrogen and oxygen atoms in total. The quantitative estimate of drug-likeness (QED) is 0.537. The van der Waals surface area contributed by atoms with Crippen LogP contribution < -0.4 is 5.32 Å². The van der Waals surface area contributed by atoms with E-state index in [1.165, 1.54) is 12.1 Å². The summed E-state index contributed by atoms with van der Waals surface area (Å²) in [4.78, 5) is 16.5. The van der Waals surface area contributed by atoms with Gasteiger partial charge in [-0.3, -0.25) is 4.79 Å². The van der Waals surface area contributed by atoms with Crippen molar-refractivity contribution in [1.29, 1.82) is 0 Å². The van der Waals surface area contributed by atoms with Crippen molar-refractivity contribution in [1.82, 2.24) is 4.98 Å². The molecule has 1 heterocycles. The molecule has 0 spiro atoms. The third kappa shape index (κ3) is 7.26. The summed E-state index contributed by atoms with van der Waals surface area (Å²) >= 11 is 1.63.